The minimum absolute atomic E-state index is 0.750. The maximum atomic E-state index is 2.36. The van der Waals surface area contributed by atoms with Gasteiger partial charge in [0.05, 0.1) is 0 Å². The van der Waals surface area contributed by atoms with Gasteiger partial charge in [0, 0.05) is 0 Å². The first-order valence-corrected chi connectivity index (χ1v) is 8.30. The van der Waals surface area contributed by atoms with Crippen LogP contribution in [0.4, 0.5) is 0 Å². The molecular formula is C18H36. The highest BCUT2D eigenvalue weighted by Gasteiger charge is 2.30. The molecule has 3 aliphatic carbocycles. The summed E-state index contributed by atoms with van der Waals surface area (Å²) in [7, 11) is 0. The summed E-state index contributed by atoms with van der Waals surface area (Å²) in [6, 6.07) is 0. The molecule has 0 unspecified atom stereocenters. The molecule has 0 amide bonds. The lowest BCUT2D eigenvalue weighted by Gasteiger charge is -2.28. The van der Waals surface area contributed by atoms with Crippen LogP contribution < -0.4 is 0 Å². The topological polar surface area (TPSA) is 0 Å². The standard InChI is InChI=1S/C7H14.C6H12.C5H10/c1-6-4-3-5-7(6)2;1-5-3-6(2)4-5;1-5(2)3-4-5/h6-7H,3-5H2,1-2H3;5-6H,3-4H2,1-2H3;3-4H2,1-2H3/t6-,7+;;. The molecule has 3 fully saturated rings. The maximum Gasteiger partial charge on any atom is -0.0354 e. The molecule has 3 rings (SSSR count). The van der Waals surface area contributed by atoms with Crippen molar-refractivity contribution in [3.05, 3.63) is 0 Å². The second kappa shape index (κ2) is 6.96. The third-order valence-corrected chi connectivity index (χ3v) is 5.15. The van der Waals surface area contributed by atoms with E-state index in [-0.39, 0.29) is 0 Å². The van der Waals surface area contributed by atoms with E-state index in [2.05, 4.69) is 41.5 Å². The Hall–Kier alpha value is 0. The van der Waals surface area contributed by atoms with Gasteiger partial charge in [0.2, 0.25) is 0 Å². The highest BCUT2D eigenvalue weighted by Crippen LogP contribution is 2.43. The van der Waals surface area contributed by atoms with E-state index in [1.165, 1.54) is 44.9 Å². The van der Waals surface area contributed by atoms with Gasteiger partial charge in [-0.3, -0.25) is 0 Å². The molecule has 0 nitrogen and oxygen atoms in total. The monoisotopic (exact) mass is 252 g/mol. The average molecular weight is 252 g/mol. The Bertz CT molecular complexity index is 202. The molecule has 0 aromatic carbocycles. The predicted molar refractivity (Wildman–Crippen MR) is 82.8 cm³/mol. The first kappa shape index (κ1) is 16.1. The fourth-order valence-electron chi connectivity index (χ4n) is 2.89. The molecule has 0 radical (unpaired) electrons. The van der Waals surface area contributed by atoms with Crippen molar-refractivity contribution in [3.63, 3.8) is 0 Å². The molecule has 0 heteroatoms. The van der Waals surface area contributed by atoms with Gasteiger partial charge in [0.15, 0.2) is 0 Å². The second-order valence-electron chi connectivity index (χ2n) is 8.23. The lowest BCUT2D eigenvalue weighted by atomic mass is 9.78. The zero-order valence-electron chi connectivity index (χ0n) is 13.8. The van der Waals surface area contributed by atoms with Crippen molar-refractivity contribution in [2.45, 2.75) is 86.5 Å². The average Bonchev–Trinajstić information content (AvgIpc) is 2.81. The molecule has 3 aliphatic rings. The van der Waals surface area contributed by atoms with Gasteiger partial charge in [0.25, 0.3) is 0 Å². The fourth-order valence-corrected chi connectivity index (χ4v) is 2.89. The van der Waals surface area contributed by atoms with Crippen molar-refractivity contribution in [2.24, 2.45) is 29.1 Å². The second-order valence-corrected chi connectivity index (χ2v) is 8.23. The van der Waals surface area contributed by atoms with Gasteiger partial charge in [-0.15, -0.1) is 0 Å². The first-order chi connectivity index (χ1) is 8.30. The maximum absolute atomic E-state index is 2.36. The minimum Gasteiger partial charge on any atom is -0.0625 e. The molecule has 0 aromatic rings. The third kappa shape index (κ3) is 6.81. The smallest absolute Gasteiger partial charge is 0.0354 e. The lowest BCUT2D eigenvalue weighted by Crippen LogP contribution is -2.16. The molecule has 108 valence electrons. The van der Waals surface area contributed by atoms with Gasteiger partial charge in [0.1, 0.15) is 0 Å². The van der Waals surface area contributed by atoms with Gasteiger partial charge in [-0.1, -0.05) is 60.8 Å². The summed E-state index contributed by atoms with van der Waals surface area (Å²) in [6.45, 7) is 14.0. The molecule has 0 aliphatic heterocycles. The molecule has 0 heterocycles. The van der Waals surface area contributed by atoms with Crippen LogP contribution in [-0.2, 0) is 0 Å². The van der Waals surface area contributed by atoms with Crippen LogP contribution in [0.1, 0.15) is 86.5 Å². The van der Waals surface area contributed by atoms with Gasteiger partial charge < -0.3 is 0 Å². The zero-order valence-corrected chi connectivity index (χ0v) is 13.8. The van der Waals surface area contributed by atoms with Gasteiger partial charge in [-0.05, 0) is 54.8 Å². The largest absolute Gasteiger partial charge is 0.0625 e. The van der Waals surface area contributed by atoms with E-state index < -0.39 is 0 Å². The molecule has 0 bridgehead atoms. The lowest BCUT2D eigenvalue weighted by molar-refractivity contribution is 0.233. The summed E-state index contributed by atoms with van der Waals surface area (Å²) in [6.07, 6.45) is 10.3. The molecule has 0 saturated heterocycles. The van der Waals surface area contributed by atoms with E-state index in [9.17, 15) is 0 Å². The van der Waals surface area contributed by atoms with Crippen LogP contribution >= 0.6 is 0 Å². The van der Waals surface area contributed by atoms with Crippen molar-refractivity contribution in [3.8, 4) is 0 Å². The Morgan fingerprint density at radius 3 is 1.11 bits per heavy atom. The summed E-state index contributed by atoms with van der Waals surface area (Å²) in [5, 5.41) is 0. The molecule has 2 atom stereocenters. The van der Waals surface area contributed by atoms with Crippen LogP contribution in [0.3, 0.4) is 0 Å². The van der Waals surface area contributed by atoms with Gasteiger partial charge in [-0.25, -0.2) is 0 Å². The van der Waals surface area contributed by atoms with Crippen molar-refractivity contribution >= 4 is 0 Å². The highest BCUT2D eigenvalue weighted by atomic mass is 14.4. The first-order valence-electron chi connectivity index (χ1n) is 8.30. The molecular weight excluding hydrogens is 216 g/mol. The van der Waals surface area contributed by atoms with Crippen LogP contribution in [0.2, 0.25) is 0 Å². The van der Waals surface area contributed by atoms with Crippen molar-refractivity contribution in [2.75, 3.05) is 0 Å². The summed E-state index contributed by atoms with van der Waals surface area (Å²) < 4.78 is 0. The summed E-state index contributed by atoms with van der Waals surface area (Å²) >= 11 is 0. The van der Waals surface area contributed by atoms with Crippen molar-refractivity contribution < 1.29 is 0 Å². The van der Waals surface area contributed by atoms with E-state index in [4.69, 9.17) is 0 Å². The van der Waals surface area contributed by atoms with Crippen LogP contribution in [-0.4, -0.2) is 0 Å². The Kier molecular flexibility index (Phi) is 6.21. The number of rotatable bonds is 0. The normalized spacial score (nSPS) is 39.7. The van der Waals surface area contributed by atoms with E-state index in [1.807, 2.05) is 0 Å². The Balaban J connectivity index is 0.000000137. The SMILES string of the molecule is CC1(C)CC1.CC1CC(C)C1.C[C@@H]1CCC[C@@H]1C. The number of hydrogen-bond donors (Lipinski definition) is 0. The fraction of sp³-hybridized carbons (Fsp3) is 1.00. The molecule has 0 N–H and O–H groups in total. The predicted octanol–water partition coefficient (Wildman–Crippen LogP) is 6.30. The Morgan fingerprint density at radius 2 is 1.06 bits per heavy atom. The van der Waals surface area contributed by atoms with E-state index in [1.54, 1.807) is 0 Å². The zero-order chi connectivity index (χ0) is 13.8. The van der Waals surface area contributed by atoms with Gasteiger partial charge >= 0.3 is 0 Å². The molecule has 0 spiro atoms. The van der Waals surface area contributed by atoms with Crippen LogP contribution in [0.25, 0.3) is 0 Å². The summed E-state index contributed by atoms with van der Waals surface area (Å²) in [5.41, 5.74) is 0.750. The quantitative estimate of drug-likeness (QED) is 0.474. The van der Waals surface area contributed by atoms with Crippen molar-refractivity contribution in [1.82, 2.24) is 0 Å². The minimum atomic E-state index is 0.750. The van der Waals surface area contributed by atoms with E-state index in [0.29, 0.717) is 0 Å². The van der Waals surface area contributed by atoms with Crippen LogP contribution in [0.5, 0.6) is 0 Å². The van der Waals surface area contributed by atoms with Gasteiger partial charge in [-0.2, -0.15) is 0 Å². The Morgan fingerprint density at radius 1 is 0.722 bits per heavy atom. The van der Waals surface area contributed by atoms with E-state index >= 15 is 0 Å². The molecule has 0 aromatic heterocycles. The highest BCUT2D eigenvalue weighted by molar-refractivity contribution is 4.82. The summed E-state index contributed by atoms with van der Waals surface area (Å²) in [5.74, 6) is 4.11. The summed E-state index contributed by atoms with van der Waals surface area (Å²) in [4.78, 5) is 0. The van der Waals surface area contributed by atoms with Crippen LogP contribution in [0, 0.1) is 29.1 Å². The number of hydrogen-bond acceptors (Lipinski definition) is 0. The van der Waals surface area contributed by atoms with E-state index in [0.717, 1.165) is 29.1 Å². The third-order valence-electron chi connectivity index (χ3n) is 5.15. The van der Waals surface area contributed by atoms with Crippen molar-refractivity contribution in [1.29, 1.82) is 0 Å². The Labute approximate surface area is 116 Å². The molecule has 18 heavy (non-hydrogen) atoms. The van der Waals surface area contributed by atoms with Crippen LogP contribution in [0.15, 0.2) is 0 Å². The molecule has 3 saturated carbocycles.